The molecule has 0 radical (unpaired) electrons. The van der Waals surface area contributed by atoms with Gasteiger partial charge < -0.3 is 5.11 Å². The van der Waals surface area contributed by atoms with E-state index in [0.717, 1.165) is 5.56 Å². The van der Waals surface area contributed by atoms with Crippen LogP contribution in [0.2, 0.25) is 10.0 Å². The van der Waals surface area contributed by atoms with Crippen LogP contribution in [0.25, 0.3) is 16.7 Å². The number of pyridine rings is 1. The molecule has 1 aromatic carbocycles. The molecule has 0 aliphatic rings. The Kier molecular flexibility index (Phi) is 3.31. The summed E-state index contributed by atoms with van der Waals surface area (Å²) in [7, 11) is 0. The van der Waals surface area contributed by atoms with Gasteiger partial charge in [0.25, 0.3) is 5.56 Å². The number of nitrogens with zero attached hydrogens (tertiary/aromatic N) is 3. The second-order valence-electron chi connectivity index (χ2n) is 4.53. The van der Waals surface area contributed by atoms with E-state index >= 15 is 0 Å². The Morgan fingerprint density at radius 2 is 1.95 bits per heavy atom. The molecular formula is C14H9Cl2N3O2. The Morgan fingerprint density at radius 3 is 2.62 bits per heavy atom. The SMILES string of the molecule is Cc1ccc(-n2cnc3c(O)c(Cl)cc(Cl)c3c2=O)nc1. The molecule has 0 aliphatic carbocycles. The second-order valence-corrected chi connectivity index (χ2v) is 5.34. The van der Waals surface area contributed by atoms with Crippen molar-refractivity contribution in [1.82, 2.24) is 14.5 Å². The summed E-state index contributed by atoms with van der Waals surface area (Å²) in [6.45, 7) is 1.90. The monoisotopic (exact) mass is 321 g/mol. The van der Waals surface area contributed by atoms with Crippen molar-refractivity contribution < 1.29 is 5.11 Å². The van der Waals surface area contributed by atoms with Crippen molar-refractivity contribution in [2.75, 3.05) is 0 Å². The third-order valence-electron chi connectivity index (χ3n) is 3.06. The van der Waals surface area contributed by atoms with Gasteiger partial charge in [-0.25, -0.2) is 9.97 Å². The van der Waals surface area contributed by atoms with E-state index in [4.69, 9.17) is 23.2 Å². The first kappa shape index (κ1) is 13.9. The predicted octanol–water partition coefficient (Wildman–Crippen LogP) is 3.10. The maximum absolute atomic E-state index is 12.5. The van der Waals surface area contributed by atoms with Crippen LogP contribution in [0.5, 0.6) is 5.75 Å². The number of phenolic OH excluding ortho intramolecular Hbond substituents is 1. The van der Waals surface area contributed by atoms with Crippen molar-refractivity contribution in [2.45, 2.75) is 6.92 Å². The Hall–Kier alpha value is -2.11. The highest BCUT2D eigenvalue weighted by Crippen LogP contribution is 2.34. The summed E-state index contributed by atoms with van der Waals surface area (Å²) in [5.41, 5.74) is 0.622. The average molecular weight is 322 g/mol. The van der Waals surface area contributed by atoms with Crippen molar-refractivity contribution in [3.05, 3.63) is 56.7 Å². The van der Waals surface area contributed by atoms with Gasteiger partial charge in [0.05, 0.1) is 15.4 Å². The van der Waals surface area contributed by atoms with Gasteiger partial charge in [-0.1, -0.05) is 29.3 Å². The van der Waals surface area contributed by atoms with E-state index in [2.05, 4.69) is 9.97 Å². The normalized spacial score (nSPS) is 11.0. The zero-order valence-corrected chi connectivity index (χ0v) is 12.4. The summed E-state index contributed by atoms with van der Waals surface area (Å²) in [6.07, 6.45) is 2.93. The third kappa shape index (κ3) is 2.24. The van der Waals surface area contributed by atoms with Gasteiger partial charge in [0.2, 0.25) is 0 Å². The minimum absolute atomic E-state index is 0.0469. The lowest BCUT2D eigenvalue weighted by Crippen LogP contribution is -2.20. The van der Waals surface area contributed by atoms with Crippen molar-refractivity contribution in [2.24, 2.45) is 0 Å². The van der Waals surface area contributed by atoms with Crippen molar-refractivity contribution in [3.63, 3.8) is 0 Å². The number of hydrogen-bond acceptors (Lipinski definition) is 4. The summed E-state index contributed by atoms with van der Waals surface area (Å²) >= 11 is 11.9. The molecule has 0 fully saturated rings. The molecule has 2 heterocycles. The molecule has 3 rings (SSSR count). The average Bonchev–Trinajstić information content (AvgIpc) is 2.45. The minimum Gasteiger partial charge on any atom is -0.504 e. The highest BCUT2D eigenvalue weighted by atomic mass is 35.5. The molecule has 0 saturated heterocycles. The van der Waals surface area contributed by atoms with Crippen molar-refractivity contribution >= 4 is 34.1 Å². The second kappa shape index (κ2) is 5.02. The van der Waals surface area contributed by atoms with Gasteiger partial charge in [-0.3, -0.25) is 9.36 Å². The van der Waals surface area contributed by atoms with Crippen molar-refractivity contribution in [1.29, 1.82) is 0 Å². The third-order valence-corrected chi connectivity index (χ3v) is 3.64. The Balaban J connectivity index is 2.36. The fraction of sp³-hybridized carbons (Fsp3) is 0.0714. The van der Waals surface area contributed by atoms with Gasteiger partial charge in [-0.05, 0) is 24.6 Å². The summed E-state index contributed by atoms with van der Waals surface area (Å²) in [4.78, 5) is 20.8. The van der Waals surface area contributed by atoms with E-state index in [0.29, 0.717) is 5.82 Å². The van der Waals surface area contributed by atoms with Gasteiger partial charge in [-0.2, -0.15) is 0 Å². The highest BCUT2D eigenvalue weighted by Gasteiger charge is 2.16. The lowest BCUT2D eigenvalue weighted by Gasteiger charge is -2.08. The van der Waals surface area contributed by atoms with Crippen LogP contribution in [-0.2, 0) is 0 Å². The standard InChI is InChI=1S/C14H9Cl2N3O2/c1-7-2-3-10(17-5-7)19-6-18-12-11(14(19)21)8(15)4-9(16)13(12)20/h2-6,20H,1H3. The molecule has 5 nitrogen and oxygen atoms in total. The number of halogens is 2. The van der Waals surface area contributed by atoms with Crippen LogP contribution >= 0.6 is 23.2 Å². The zero-order valence-electron chi connectivity index (χ0n) is 10.8. The topological polar surface area (TPSA) is 68.0 Å². The fourth-order valence-electron chi connectivity index (χ4n) is 1.98. The zero-order chi connectivity index (χ0) is 15.1. The van der Waals surface area contributed by atoms with Gasteiger partial charge in [0, 0.05) is 6.20 Å². The molecule has 21 heavy (non-hydrogen) atoms. The largest absolute Gasteiger partial charge is 0.504 e. The maximum atomic E-state index is 12.5. The summed E-state index contributed by atoms with van der Waals surface area (Å²) in [5.74, 6) is 0.155. The van der Waals surface area contributed by atoms with E-state index in [-0.39, 0.29) is 26.7 Å². The Morgan fingerprint density at radius 1 is 1.19 bits per heavy atom. The van der Waals surface area contributed by atoms with E-state index in [9.17, 15) is 9.90 Å². The number of benzene rings is 1. The van der Waals surface area contributed by atoms with Crippen LogP contribution in [0.1, 0.15) is 5.56 Å². The lowest BCUT2D eigenvalue weighted by molar-refractivity contribution is 0.480. The van der Waals surface area contributed by atoms with Crippen LogP contribution < -0.4 is 5.56 Å². The quantitative estimate of drug-likeness (QED) is 0.747. The molecule has 0 saturated carbocycles. The number of aromatic nitrogens is 3. The number of fused-ring (bicyclic) bond motifs is 1. The summed E-state index contributed by atoms with van der Waals surface area (Å²) in [5, 5.41) is 10.2. The number of aryl methyl sites for hydroxylation is 1. The minimum atomic E-state index is -0.423. The molecule has 0 aliphatic heterocycles. The number of aromatic hydroxyl groups is 1. The molecule has 7 heteroatoms. The molecule has 106 valence electrons. The first-order valence-electron chi connectivity index (χ1n) is 6.00. The van der Waals surface area contributed by atoms with Gasteiger partial charge in [0.15, 0.2) is 5.75 Å². The van der Waals surface area contributed by atoms with E-state index in [1.807, 2.05) is 13.0 Å². The van der Waals surface area contributed by atoms with E-state index < -0.39 is 5.56 Å². The summed E-state index contributed by atoms with van der Waals surface area (Å²) in [6, 6.07) is 4.85. The smallest absolute Gasteiger partial charge is 0.268 e. The number of hydrogen-bond donors (Lipinski definition) is 1. The Labute approximate surface area is 129 Å². The molecule has 3 aromatic rings. The first-order valence-corrected chi connectivity index (χ1v) is 6.76. The van der Waals surface area contributed by atoms with Crippen LogP contribution in [0.15, 0.2) is 35.5 Å². The molecule has 0 atom stereocenters. The van der Waals surface area contributed by atoms with Gasteiger partial charge in [0.1, 0.15) is 17.7 Å². The van der Waals surface area contributed by atoms with Crippen LogP contribution in [0.3, 0.4) is 0 Å². The maximum Gasteiger partial charge on any atom is 0.268 e. The van der Waals surface area contributed by atoms with Crippen molar-refractivity contribution in [3.8, 4) is 11.6 Å². The highest BCUT2D eigenvalue weighted by molar-refractivity contribution is 6.39. The lowest BCUT2D eigenvalue weighted by atomic mass is 10.2. The molecule has 1 N–H and O–H groups in total. The van der Waals surface area contributed by atoms with Crippen LogP contribution in [-0.4, -0.2) is 19.6 Å². The number of phenols is 1. The van der Waals surface area contributed by atoms with Crippen LogP contribution in [0.4, 0.5) is 0 Å². The predicted molar refractivity (Wildman–Crippen MR) is 81.6 cm³/mol. The molecule has 0 bridgehead atoms. The molecule has 0 spiro atoms. The van der Waals surface area contributed by atoms with E-state index in [1.54, 1.807) is 12.3 Å². The fourth-order valence-corrected chi connectivity index (χ4v) is 2.51. The van der Waals surface area contributed by atoms with Crippen LogP contribution in [0, 0.1) is 6.92 Å². The number of rotatable bonds is 1. The molecule has 0 amide bonds. The molecule has 2 aromatic heterocycles. The first-order chi connectivity index (χ1) is 9.99. The molecular weight excluding hydrogens is 313 g/mol. The van der Waals surface area contributed by atoms with E-state index in [1.165, 1.54) is 17.0 Å². The Bertz CT molecular complexity index is 905. The summed E-state index contributed by atoms with van der Waals surface area (Å²) < 4.78 is 1.26. The van der Waals surface area contributed by atoms with Gasteiger partial charge in [-0.15, -0.1) is 0 Å². The van der Waals surface area contributed by atoms with Gasteiger partial charge >= 0.3 is 0 Å². The molecule has 0 unspecified atom stereocenters.